The quantitative estimate of drug-likeness (QED) is 0.913. The molecule has 0 atom stereocenters. The highest BCUT2D eigenvalue weighted by Crippen LogP contribution is 2.26. The molecule has 0 fully saturated rings. The molecule has 0 unspecified atom stereocenters. The summed E-state index contributed by atoms with van der Waals surface area (Å²) in [6, 6.07) is 11.5. The van der Waals surface area contributed by atoms with Gasteiger partial charge in [0, 0.05) is 22.8 Å². The summed E-state index contributed by atoms with van der Waals surface area (Å²) in [5.41, 5.74) is 1.91. The molecule has 0 aliphatic rings. The van der Waals surface area contributed by atoms with Crippen LogP contribution < -0.4 is 10.1 Å². The van der Waals surface area contributed by atoms with E-state index in [1.54, 1.807) is 7.11 Å². The van der Waals surface area contributed by atoms with Gasteiger partial charge in [0.2, 0.25) is 0 Å². The Kier molecular flexibility index (Phi) is 4.05. The first-order valence-corrected chi connectivity index (χ1v) is 6.07. The zero-order valence-electron chi connectivity index (χ0n) is 10.4. The average Bonchev–Trinajstić information content (AvgIpc) is 2.37. The zero-order valence-corrected chi connectivity index (χ0v) is 11.2. The van der Waals surface area contributed by atoms with E-state index in [2.05, 4.69) is 10.3 Å². The van der Waals surface area contributed by atoms with Crippen LogP contribution in [0, 0.1) is 6.92 Å². The number of benzene rings is 1. The van der Waals surface area contributed by atoms with E-state index in [1.165, 1.54) is 0 Å². The Labute approximate surface area is 112 Å². The molecule has 1 aromatic carbocycles. The number of hydrogen-bond acceptors (Lipinski definition) is 3. The van der Waals surface area contributed by atoms with Gasteiger partial charge >= 0.3 is 0 Å². The van der Waals surface area contributed by atoms with Gasteiger partial charge in [-0.05, 0) is 31.2 Å². The summed E-state index contributed by atoms with van der Waals surface area (Å²) < 4.78 is 5.29. The van der Waals surface area contributed by atoms with Crippen molar-refractivity contribution in [1.29, 1.82) is 0 Å². The normalized spacial score (nSPS) is 10.2. The van der Waals surface area contributed by atoms with Gasteiger partial charge in [0.25, 0.3) is 0 Å². The van der Waals surface area contributed by atoms with Gasteiger partial charge in [-0.2, -0.15) is 0 Å². The number of ether oxygens (including phenoxy) is 1. The Morgan fingerprint density at radius 1 is 1.22 bits per heavy atom. The average molecular weight is 263 g/mol. The van der Waals surface area contributed by atoms with Crippen LogP contribution in [0.1, 0.15) is 11.3 Å². The summed E-state index contributed by atoms with van der Waals surface area (Å²) >= 11 is 6.17. The lowest BCUT2D eigenvalue weighted by Crippen LogP contribution is -2.04. The van der Waals surface area contributed by atoms with Crippen molar-refractivity contribution in [3.8, 4) is 5.75 Å². The molecule has 1 heterocycles. The highest BCUT2D eigenvalue weighted by Gasteiger charge is 2.07. The van der Waals surface area contributed by atoms with Gasteiger partial charge in [0.1, 0.15) is 11.6 Å². The van der Waals surface area contributed by atoms with Crippen molar-refractivity contribution < 1.29 is 4.74 Å². The lowest BCUT2D eigenvalue weighted by Gasteiger charge is -2.11. The first kappa shape index (κ1) is 12.7. The van der Waals surface area contributed by atoms with Gasteiger partial charge in [-0.15, -0.1) is 0 Å². The summed E-state index contributed by atoms with van der Waals surface area (Å²) in [7, 11) is 1.64. The molecule has 18 heavy (non-hydrogen) atoms. The minimum atomic E-state index is 0.583. The van der Waals surface area contributed by atoms with E-state index in [9.17, 15) is 0 Å². The van der Waals surface area contributed by atoms with Gasteiger partial charge in [0.05, 0.1) is 7.11 Å². The molecule has 94 valence electrons. The van der Waals surface area contributed by atoms with Crippen LogP contribution in [0.2, 0.25) is 5.02 Å². The summed E-state index contributed by atoms with van der Waals surface area (Å²) in [6.45, 7) is 2.54. The standard InChI is InChI=1S/C14H15ClN2O/c1-10-5-3-8-14(17-10)16-9-11-12(15)6-4-7-13(11)18-2/h3-8H,9H2,1-2H3,(H,16,17). The Balaban J connectivity index is 2.15. The minimum absolute atomic E-state index is 0.583. The fourth-order valence-corrected chi connectivity index (χ4v) is 1.95. The Morgan fingerprint density at radius 3 is 2.72 bits per heavy atom. The van der Waals surface area contributed by atoms with E-state index >= 15 is 0 Å². The molecule has 0 bridgehead atoms. The number of aryl methyl sites for hydroxylation is 1. The van der Waals surface area contributed by atoms with Gasteiger partial charge in [-0.1, -0.05) is 23.7 Å². The molecule has 0 radical (unpaired) electrons. The van der Waals surface area contributed by atoms with Gasteiger partial charge in [0.15, 0.2) is 0 Å². The topological polar surface area (TPSA) is 34.1 Å². The molecule has 0 saturated carbocycles. The fraction of sp³-hybridized carbons (Fsp3) is 0.214. The smallest absolute Gasteiger partial charge is 0.126 e. The Morgan fingerprint density at radius 2 is 2.00 bits per heavy atom. The second-order valence-electron chi connectivity index (χ2n) is 3.94. The number of rotatable bonds is 4. The highest BCUT2D eigenvalue weighted by molar-refractivity contribution is 6.31. The second kappa shape index (κ2) is 5.74. The van der Waals surface area contributed by atoms with E-state index in [4.69, 9.17) is 16.3 Å². The number of hydrogen-bond donors (Lipinski definition) is 1. The maximum Gasteiger partial charge on any atom is 0.126 e. The fourth-order valence-electron chi connectivity index (χ4n) is 1.72. The predicted molar refractivity (Wildman–Crippen MR) is 74.3 cm³/mol. The monoisotopic (exact) mass is 262 g/mol. The lowest BCUT2D eigenvalue weighted by atomic mass is 10.2. The van der Waals surface area contributed by atoms with Crippen LogP contribution in [0.4, 0.5) is 5.82 Å². The number of nitrogens with zero attached hydrogens (tertiary/aromatic N) is 1. The van der Waals surface area contributed by atoms with E-state index < -0.39 is 0 Å². The summed E-state index contributed by atoms with van der Waals surface area (Å²) in [4.78, 5) is 4.38. The number of nitrogens with one attached hydrogen (secondary N) is 1. The maximum absolute atomic E-state index is 6.17. The van der Waals surface area contributed by atoms with Crippen LogP contribution in [-0.2, 0) is 6.54 Å². The SMILES string of the molecule is COc1cccc(Cl)c1CNc1cccc(C)n1. The molecular formula is C14H15ClN2O. The molecule has 2 rings (SSSR count). The van der Waals surface area contributed by atoms with E-state index in [0.29, 0.717) is 11.6 Å². The first-order chi connectivity index (χ1) is 8.70. The largest absolute Gasteiger partial charge is 0.496 e. The third-order valence-corrected chi connectivity index (χ3v) is 2.98. The van der Waals surface area contributed by atoms with Crippen molar-refractivity contribution >= 4 is 17.4 Å². The van der Waals surface area contributed by atoms with Crippen LogP contribution >= 0.6 is 11.6 Å². The lowest BCUT2D eigenvalue weighted by molar-refractivity contribution is 0.410. The number of halogens is 1. The molecule has 2 aromatic rings. The van der Waals surface area contributed by atoms with Crippen LogP contribution in [0.5, 0.6) is 5.75 Å². The predicted octanol–water partition coefficient (Wildman–Crippen LogP) is 3.66. The second-order valence-corrected chi connectivity index (χ2v) is 4.35. The van der Waals surface area contributed by atoms with Crippen molar-refractivity contribution in [3.63, 3.8) is 0 Å². The van der Waals surface area contributed by atoms with Crippen molar-refractivity contribution in [2.24, 2.45) is 0 Å². The van der Waals surface area contributed by atoms with Crippen molar-refractivity contribution in [2.75, 3.05) is 12.4 Å². The molecule has 3 nitrogen and oxygen atoms in total. The number of methoxy groups -OCH3 is 1. The van der Waals surface area contributed by atoms with E-state index in [0.717, 1.165) is 22.8 Å². The van der Waals surface area contributed by atoms with E-state index in [-0.39, 0.29) is 0 Å². The van der Waals surface area contributed by atoms with Crippen LogP contribution in [-0.4, -0.2) is 12.1 Å². The van der Waals surface area contributed by atoms with Crippen molar-refractivity contribution in [3.05, 3.63) is 52.7 Å². The van der Waals surface area contributed by atoms with Gasteiger partial charge < -0.3 is 10.1 Å². The van der Waals surface area contributed by atoms with Gasteiger partial charge in [-0.25, -0.2) is 4.98 Å². The van der Waals surface area contributed by atoms with E-state index in [1.807, 2.05) is 43.3 Å². The first-order valence-electron chi connectivity index (χ1n) is 5.69. The Bertz CT molecular complexity index is 543. The van der Waals surface area contributed by atoms with Crippen LogP contribution in [0.3, 0.4) is 0 Å². The van der Waals surface area contributed by atoms with Crippen LogP contribution in [0.15, 0.2) is 36.4 Å². The zero-order chi connectivity index (χ0) is 13.0. The Hall–Kier alpha value is -1.74. The number of aromatic nitrogens is 1. The number of anilines is 1. The summed E-state index contributed by atoms with van der Waals surface area (Å²) in [5.74, 6) is 1.61. The minimum Gasteiger partial charge on any atom is -0.496 e. The van der Waals surface area contributed by atoms with Crippen molar-refractivity contribution in [1.82, 2.24) is 4.98 Å². The van der Waals surface area contributed by atoms with Crippen LogP contribution in [0.25, 0.3) is 0 Å². The highest BCUT2D eigenvalue weighted by atomic mass is 35.5. The third-order valence-electron chi connectivity index (χ3n) is 2.63. The molecule has 0 spiro atoms. The molecule has 1 aromatic heterocycles. The molecule has 1 N–H and O–H groups in total. The maximum atomic E-state index is 6.17. The third kappa shape index (κ3) is 2.93. The molecule has 0 saturated heterocycles. The number of pyridine rings is 1. The molecular weight excluding hydrogens is 248 g/mol. The molecule has 4 heteroatoms. The van der Waals surface area contributed by atoms with Crippen molar-refractivity contribution in [2.45, 2.75) is 13.5 Å². The molecule has 0 aliphatic carbocycles. The summed E-state index contributed by atoms with van der Waals surface area (Å²) in [6.07, 6.45) is 0. The summed E-state index contributed by atoms with van der Waals surface area (Å²) in [5, 5.41) is 3.93. The van der Waals surface area contributed by atoms with Gasteiger partial charge in [-0.3, -0.25) is 0 Å². The molecule has 0 amide bonds. The molecule has 0 aliphatic heterocycles.